The number of rotatable bonds is 6. The maximum absolute atomic E-state index is 8.36. The van der Waals surface area contributed by atoms with Crippen LogP contribution in [0, 0.1) is 11.3 Å². The van der Waals surface area contributed by atoms with E-state index in [0.29, 0.717) is 11.2 Å². The quantitative estimate of drug-likeness (QED) is 0.687. The monoisotopic (exact) mass is 212 g/mol. The summed E-state index contributed by atoms with van der Waals surface area (Å²) >= 11 is 2.10. The van der Waals surface area contributed by atoms with E-state index in [1.165, 1.54) is 18.6 Å². The van der Waals surface area contributed by atoms with E-state index < -0.39 is 0 Å². The molecule has 2 nitrogen and oxygen atoms in total. The summed E-state index contributed by atoms with van der Waals surface area (Å²) in [7, 11) is 0. The molecule has 80 valence electrons. The van der Waals surface area contributed by atoms with Crippen LogP contribution in [0.2, 0.25) is 0 Å². The van der Waals surface area contributed by atoms with Crippen LogP contribution in [0.3, 0.4) is 0 Å². The smallest absolute Gasteiger partial charge is 0.0621 e. The highest BCUT2D eigenvalue weighted by Gasteiger charge is 2.28. The van der Waals surface area contributed by atoms with Gasteiger partial charge in [-0.1, -0.05) is 0 Å². The summed E-state index contributed by atoms with van der Waals surface area (Å²) in [5.41, 5.74) is 0. The Balaban J connectivity index is 1.96. The predicted octanol–water partition coefficient (Wildman–Crippen LogP) is 2.56. The van der Waals surface area contributed by atoms with Gasteiger partial charge in [-0.25, -0.2) is 0 Å². The Hall–Kier alpha value is -0.200. The second-order valence-corrected chi connectivity index (χ2v) is 5.88. The van der Waals surface area contributed by atoms with Gasteiger partial charge < -0.3 is 5.32 Å². The molecule has 1 fully saturated rings. The molecule has 1 atom stereocenters. The van der Waals surface area contributed by atoms with Crippen molar-refractivity contribution in [2.75, 3.05) is 18.8 Å². The normalized spacial score (nSPS) is 26.3. The lowest BCUT2D eigenvalue weighted by Gasteiger charge is -2.22. The van der Waals surface area contributed by atoms with Crippen LogP contribution in [0.15, 0.2) is 0 Å². The van der Waals surface area contributed by atoms with Gasteiger partial charge in [-0.15, -0.1) is 0 Å². The van der Waals surface area contributed by atoms with Crippen molar-refractivity contribution in [2.24, 2.45) is 0 Å². The van der Waals surface area contributed by atoms with Crippen molar-refractivity contribution in [3.63, 3.8) is 0 Å². The van der Waals surface area contributed by atoms with E-state index in [1.807, 2.05) is 0 Å². The molecule has 0 aromatic heterocycles. The minimum absolute atomic E-state index is 0.481. The van der Waals surface area contributed by atoms with Crippen molar-refractivity contribution in [1.82, 2.24) is 5.32 Å². The lowest BCUT2D eigenvalue weighted by molar-refractivity contribution is 0.526. The average Bonchev–Trinajstić information content (AvgIpc) is 2.59. The maximum Gasteiger partial charge on any atom is 0.0621 e. The first-order valence-electron chi connectivity index (χ1n) is 5.48. The number of hydrogen-bond donors (Lipinski definition) is 1. The van der Waals surface area contributed by atoms with Gasteiger partial charge in [-0.3, -0.25) is 0 Å². The fourth-order valence-corrected chi connectivity index (χ4v) is 3.06. The van der Waals surface area contributed by atoms with E-state index in [9.17, 15) is 0 Å². The van der Waals surface area contributed by atoms with Crippen molar-refractivity contribution in [3.05, 3.63) is 0 Å². The second kappa shape index (κ2) is 6.31. The summed E-state index contributed by atoms with van der Waals surface area (Å²) in [5, 5.41) is 11.9. The first-order chi connectivity index (χ1) is 6.77. The van der Waals surface area contributed by atoms with Gasteiger partial charge in [0, 0.05) is 17.7 Å². The Labute approximate surface area is 91.4 Å². The molecule has 1 aliphatic heterocycles. The van der Waals surface area contributed by atoms with Crippen molar-refractivity contribution >= 4 is 11.8 Å². The fourth-order valence-electron chi connectivity index (χ4n) is 1.78. The third-order valence-electron chi connectivity index (χ3n) is 2.69. The zero-order valence-electron chi connectivity index (χ0n) is 9.01. The first-order valence-corrected chi connectivity index (χ1v) is 6.47. The molecule has 1 heterocycles. The van der Waals surface area contributed by atoms with Gasteiger partial charge in [0.1, 0.15) is 0 Å². The van der Waals surface area contributed by atoms with Gasteiger partial charge >= 0.3 is 0 Å². The molecule has 0 bridgehead atoms. The summed E-state index contributed by atoms with van der Waals surface area (Å²) in [5.74, 6) is 1.33. The van der Waals surface area contributed by atoms with Crippen LogP contribution in [0.5, 0.6) is 0 Å². The molecule has 1 N–H and O–H groups in total. The molecular weight excluding hydrogens is 192 g/mol. The summed E-state index contributed by atoms with van der Waals surface area (Å²) in [6, 6.07) is 2.18. The zero-order chi connectivity index (χ0) is 10.3. The van der Waals surface area contributed by atoms with Gasteiger partial charge in [-0.05, 0) is 44.9 Å². The third-order valence-corrected chi connectivity index (χ3v) is 4.23. The van der Waals surface area contributed by atoms with Crippen LogP contribution in [-0.2, 0) is 0 Å². The van der Waals surface area contributed by atoms with Gasteiger partial charge in [0.05, 0.1) is 6.07 Å². The molecule has 1 unspecified atom stereocenters. The van der Waals surface area contributed by atoms with Crippen molar-refractivity contribution in [1.29, 1.82) is 5.26 Å². The van der Waals surface area contributed by atoms with Crippen molar-refractivity contribution < 1.29 is 0 Å². The van der Waals surface area contributed by atoms with Gasteiger partial charge in [-0.2, -0.15) is 17.0 Å². The minimum Gasteiger partial charge on any atom is -0.315 e. The number of hydrogen-bond acceptors (Lipinski definition) is 3. The van der Waals surface area contributed by atoms with Gasteiger partial charge in [0.25, 0.3) is 0 Å². The molecule has 3 heteroatoms. The number of unbranched alkanes of at least 4 members (excludes halogenated alkanes) is 2. The highest BCUT2D eigenvalue weighted by molar-refractivity contribution is 8.00. The zero-order valence-corrected chi connectivity index (χ0v) is 9.83. The van der Waals surface area contributed by atoms with Crippen molar-refractivity contribution in [3.8, 4) is 6.07 Å². The second-order valence-electron chi connectivity index (χ2n) is 4.19. The van der Waals surface area contributed by atoms with E-state index in [1.54, 1.807) is 0 Å². The maximum atomic E-state index is 8.36. The van der Waals surface area contributed by atoms with Crippen LogP contribution in [0.1, 0.15) is 39.0 Å². The topological polar surface area (TPSA) is 35.8 Å². The van der Waals surface area contributed by atoms with Gasteiger partial charge in [0.15, 0.2) is 0 Å². The molecule has 0 aromatic carbocycles. The molecule has 0 amide bonds. The van der Waals surface area contributed by atoms with Crippen LogP contribution >= 0.6 is 11.8 Å². The molecule has 0 aromatic rings. The molecule has 1 saturated heterocycles. The summed E-state index contributed by atoms with van der Waals surface area (Å²) in [4.78, 5) is 0. The Kier molecular flexibility index (Phi) is 5.36. The number of nitriles is 1. The van der Waals surface area contributed by atoms with E-state index in [4.69, 9.17) is 5.26 Å². The number of nitrogens with zero attached hydrogens (tertiary/aromatic N) is 1. The van der Waals surface area contributed by atoms with Crippen LogP contribution in [-0.4, -0.2) is 23.6 Å². The van der Waals surface area contributed by atoms with Crippen LogP contribution in [0.4, 0.5) is 0 Å². The SMILES string of the molecule is CC1(CNCCCCC#N)CCCS1. The van der Waals surface area contributed by atoms with Crippen molar-refractivity contribution in [2.45, 2.75) is 43.8 Å². The Morgan fingerprint density at radius 2 is 2.36 bits per heavy atom. The highest BCUT2D eigenvalue weighted by atomic mass is 32.2. The Morgan fingerprint density at radius 3 is 3.00 bits per heavy atom. The number of nitrogens with one attached hydrogen (secondary N) is 1. The summed E-state index contributed by atoms with van der Waals surface area (Å²) in [6.07, 6.45) is 5.59. The highest BCUT2D eigenvalue weighted by Crippen LogP contribution is 2.36. The molecule has 0 spiro atoms. The molecule has 0 aliphatic carbocycles. The molecule has 1 aliphatic rings. The Bertz CT molecular complexity index is 192. The van der Waals surface area contributed by atoms with E-state index in [0.717, 1.165) is 25.9 Å². The fraction of sp³-hybridized carbons (Fsp3) is 0.909. The Morgan fingerprint density at radius 1 is 1.50 bits per heavy atom. The van der Waals surface area contributed by atoms with Crippen LogP contribution < -0.4 is 5.32 Å². The van der Waals surface area contributed by atoms with Gasteiger partial charge in [0.2, 0.25) is 0 Å². The third kappa shape index (κ3) is 4.34. The number of thioether (sulfide) groups is 1. The van der Waals surface area contributed by atoms with E-state index >= 15 is 0 Å². The standard InChI is InChI=1S/C11H20N2S/c1-11(6-5-9-14-11)10-13-8-4-2-3-7-12/h13H,2-6,8-10H2,1H3. The molecule has 1 rings (SSSR count). The molecular formula is C11H20N2S. The lowest BCUT2D eigenvalue weighted by Crippen LogP contribution is -2.33. The predicted molar refractivity (Wildman–Crippen MR) is 62.4 cm³/mol. The largest absolute Gasteiger partial charge is 0.315 e. The molecule has 14 heavy (non-hydrogen) atoms. The summed E-state index contributed by atoms with van der Waals surface area (Å²) < 4.78 is 0.481. The summed E-state index contributed by atoms with van der Waals surface area (Å²) in [6.45, 7) is 4.55. The molecule has 0 radical (unpaired) electrons. The van der Waals surface area contributed by atoms with Crippen LogP contribution in [0.25, 0.3) is 0 Å². The average molecular weight is 212 g/mol. The minimum atomic E-state index is 0.481. The molecule has 0 saturated carbocycles. The first kappa shape index (κ1) is 11.9. The van der Waals surface area contributed by atoms with E-state index in [2.05, 4.69) is 30.1 Å². The van der Waals surface area contributed by atoms with E-state index in [-0.39, 0.29) is 0 Å². The lowest BCUT2D eigenvalue weighted by atomic mass is 10.1.